The molecule has 0 spiro atoms. The molecule has 0 unspecified atom stereocenters. The zero-order chi connectivity index (χ0) is 12.6. The molecule has 17 heavy (non-hydrogen) atoms. The largest absolute Gasteiger partial charge is 0.435 e. The van der Waals surface area contributed by atoms with Gasteiger partial charge in [0.1, 0.15) is 5.15 Å². The summed E-state index contributed by atoms with van der Waals surface area (Å²) in [5.74, 6) is 0. The Bertz CT molecular complexity index is 531. The fraction of sp³-hybridized carbons (Fsp3) is 0.200. The molecule has 3 nitrogen and oxygen atoms in total. The summed E-state index contributed by atoms with van der Waals surface area (Å²) < 4.78 is 38.5. The van der Waals surface area contributed by atoms with E-state index in [0.717, 1.165) is 6.07 Å². The number of hydrogen-bond acceptors (Lipinski definition) is 2. The van der Waals surface area contributed by atoms with Crippen molar-refractivity contribution in [1.82, 2.24) is 14.8 Å². The Morgan fingerprint density at radius 2 is 2.00 bits per heavy atom. The van der Waals surface area contributed by atoms with Crippen LogP contribution in [0.4, 0.5) is 13.2 Å². The highest BCUT2D eigenvalue weighted by molar-refractivity contribution is 6.29. The zero-order valence-corrected chi connectivity index (χ0v) is 9.42. The van der Waals surface area contributed by atoms with E-state index in [4.69, 9.17) is 11.6 Å². The average Bonchev–Trinajstić information content (AvgIpc) is 2.61. The molecule has 0 fully saturated rings. The Hall–Kier alpha value is -1.56. The summed E-state index contributed by atoms with van der Waals surface area (Å²) in [6.45, 7) is 1.54. The Kier molecular flexibility index (Phi) is 2.82. The summed E-state index contributed by atoms with van der Waals surface area (Å²) in [6.07, 6.45) is -3.08. The number of aryl methyl sites for hydroxylation is 1. The molecule has 0 atom stereocenters. The topological polar surface area (TPSA) is 30.7 Å². The quantitative estimate of drug-likeness (QED) is 0.738. The van der Waals surface area contributed by atoms with Gasteiger partial charge >= 0.3 is 6.18 Å². The minimum absolute atomic E-state index is 0.273. The van der Waals surface area contributed by atoms with E-state index in [2.05, 4.69) is 10.1 Å². The second kappa shape index (κ2) is 4.03. The van der Waals surface area contributed by atoms with Crippen LogP contribution < -0.4 is 0 Å². The first-order valence-electron chi connectivity index (χ1n) is 4.64. The van der Waals surface area contributed by atoms with Crippen LogP contribution in [-0.4, -0.2) is 14.8 Å². The van der Waals surface area contributed by atoms with Crippen LogP contribution in [0.15, 0.2) is 24.4 Å². The minimum Gasteiger partial charge on any atom is -0.242 e. The van der Waals surface area contributed by atoms with Crippen LogP contribution in [0.1, 0.15) is 11.4 Å². The van der Waals surface area contributed by atoms with Crippen molar-refractivity contribution >= 4 is 11.6 Å². The fourth-order valence-electron chi connectivity index (χ4n) is 1.37. The molecule has 0 saturated carbocycles. The molecule has 2 aromatic rings. The molecule has 7 heteroatoms. The molecular weight excluding hydrogens is 255 g/mol. The van der Waals surface area contributed by atoms with Gasteiger partial charge in [-0.2, -0.15) is 18.3 Å². The summed E-state index contributed by atoms with van der Waals surface area (Å²) >= 11 is 5.60. The van der Waals surface area contributed by atoms with Crippen LogP contribution in [-0.2, 0) is 6.18 Å². The highest BCUT2D eigenvalue weighted by Crippen LogP contribution is 2.29. The van der Waals surface area contributed by atoms with Crippen molar-refractivity contribution in [2.24, 2.45) is 0 Å². The summed E-state index contributed by atoms with van der Waals surface area (Å²) in [7, 11) is 0. The van der Waals surface area contributed by atoms with E-state index in [9.17, 15) is 13.2 Å². The predicted octanol–water partition coefficient (Wildman–Crippen LogP) is 3.25. The van der Waals surface area contributed by atoms with Gasteiger partial charge in [0.25, 0.3) is 0 Å². The van der Waals surface area contributed by atoms with Crippen molar-refractivity contribution in [1.29, 1.82) is 0 Å². The third kappa shape index (κ3) is 2.41. The van der Waals surface area contributed by atoms with Gasteiger partial charge in [-0.25, -0.2) is 9.67 Å². The van der Waals surface area contributed by atoms with E-state index in [1.165, 1.54) is 23.9 Å². The van der Waals surface area contributed by atoms with Gasteiger partial charge in [0.05, 0.1) is 11.9 Å². The monoisotopic (exact) mass is 261 g/mol. The van der Waals surface area contributed by atoms with Gasteiger partial charge < -0.3 is 0 Å². The Labute approximate surface area is 99.8 Å². The van der Waals surface area contributed by atoms with E-state index in [1.54, 1.807) is 6.07 Å². The van der Waals surface area contributed by atoms with Crippen LogP contribution in [0.5, 0.6) is 0 Å². The lowest BCUT2D eigenvalue weighted by Crippen LogP contribution is -2.07. The molecule has 0 radical (unpaired) electrons. The molecule has 90 valence electrons. The standard InChI is InChI=1S/C10H7ClF3N3/c1-6-4-8(10(12,13)14)16-17(6)7-2-3-9(11)15-5-7/h2-5H,1H3. The third-order valence-electron chi connectivity index (χ3n) is 2.13. The maximum atomic E-state index is 12.4. The summed E-state index contributed by atoms with van der Waals surface area (Å²) in [5, 5.41) is 3.76. The number of hydrogen-bond donors (Lipinski definition) is 0. The molecule has 2 aromatic heterocycles. The fourth-order valence-corrected chi connectivity index (χ4v) is 1.48. The Balaban J connectivity index is 2.46. The molecule has 2 heterocycles. The van der Waals surface area contributed by atoms with Crippen LogP contribution in [0.3, 0.4) is 0 Å². The lowest BCUT2D eigenvalue weighted by atomic mass is 10.3. The molecule has 0 aliphatic rings. The van der Waals surface area contributed by atoms with Gasteiger partial charge in [0.15, 0.2) is 5.69 Å². The summed E-state index contributed by atoms with van der Waals surface area (Å²) in [4.78, 5) is 3.79. The lowest BCUT2D eigenvalue weighted by molar-refractivity contribution is -0.141. The van der Waals surface area contributed by atoms with E-state index >= 15 is 0 Å². The average molecular weight is 262 g/mol. The first-order valence-corrected chi connectivity index (χ1v) is 5.01. The molecule has 0 bridgehead atoms. The second-order valence-corrected chi connectivity index (χ2v) is 3.81. The van der Waals surface area contributed by atoms with Gasteiger partial charge in [0.2, 0.25) is 0 Å². The molecule has 0 aromatic carbocycles. The Morgan fingerprint density at radius 3 is 2.47 bits per heavy atom. The van der Waals surface area contributed by atoms with Gasteiger partial charge in [-0.15, -0.1) is 0 Å². The van der Waals surface area contributed by atoms with Crippen molar-refractivity contribution in [2.45, 2.75) is 13.1 Å². The maximum absolute atomic E-state index is 12.4. The van der Waals surface area contributed by atoms with Gasteiger partial charge in [0, 0.05) is 5.69 Å². The molecule has 0 aliphatic carbocycles. The van der Waals surface area contributed by atoms with E-state index < -0.39 is 11.9 Å². The predicted molar refractivity (Wildman–Crippen MR) is 56.1 cm³/mol. The number of halogens is 4. The van der Waals surface area contributed by atoms with Crippen molar-refractivity contribution in [3.8, 4) is 5.69 Å². The molecule has 0 amide bonds. The molecule has 0 N–H and O–H groups in total. The molecular formula is C10H7ClF3N3. The van der Waals surface area contributed by atoms with Crippen molar-refractivity contribution < 1.29 is 13.2 Å². The van der Waals surface area contributed by atoms with Crippen molar-refractivity contribution in [2.75, 3.05) is 0 Å². The van der Waals surface area contributed by atoms with E-state index in [-0.39, 0.29) is 5.15 Å². The maximum Gasteiger partial charge on any atom is 0.435 e. The lowest BCUT2D eigenvalue weighted by Gasteiger charge is -2.03. The van der Waals surface area contributed by atoms with E-state index in [0.29, 0.717) is 11.4 Å². The second-order valence-electron chi connectivity index (χ2n) is 3.42. The van der Waals surface area contributed by atoms with Crippen LogP contribution in [0, 0.1) is 6.92 Å². The highest BCUT2D eigenvalue weighted by Gasteiger charge is 2.34. The number of rotatable bonds is 1. The molecule has 0 aliphatic heterocycles. The smallest absolute Gasteiger partial charge is 0.242 e. The summed E-state index contributed by atoms with van der Waals surface area (Å²) in [5.41, 5.74) is -0.117. The van der Waals surface area contributed by atoms with Crippen LogP contribution >= 0.6 is 11.6 Å². The minimum atomic E-state index is -4.45. The third-order valence-corrected chi connectivity index (χ3v) is 2.36. The highest BCUT2D eigenvalue weighted by atomic mass is 35.5. The van der Waals surface area contributed by atoms with Crippen LogP contribution in [0.25, 0.3) is 5.69 Å². The van der Waals surface area contributed by atoms with E-state index in [1.807, 2.05) is 0 Å². The Morgan fingerprint density at radius 1 is 1.29 bits per heavy atom. The first kappa shape index (κ1) is 11.9. The summed E-state index contributed by atoms with van der Waals surface area (Å²) in [6, 6.07) is 4.02. The normalized spacial score (nSPS) is 11.8. The van der Waals surface area contributed by atoms with Crippen molar-refractivity contribution in [3.63, 3.8) is 0 Å². The molecule has 2 rings (SSSR count). The first-order chi connectivity index (χ1) is 7.88. The SMILES string of the molecule is Cc1cc(C(F)(F)F)nn1-c1ccc(Cl)nc1. The number of alkyl halides is 3. The number of nitrogens with zero attached hydrogens (tertiary/aromatic N) is 3. The van der Waals surface area contributed by atoms with Crippen molar-refractivity contribution in [3.05, 3.63) is 40.9 Å². The zero-order valence-electron chi connectivity index (χ0n) is 8.66. The van der Waals surface area contributed by atoms with Gasteiger partial charge in [-0.1, -0.05) is 11.6 Å². The van der Waals surface area contributed by atoms with Crippen LogP contribution in [0.2, 0.25) is 5.15 Å². The number of pyridine rings is 1. The van der Waals surface area contributed by atoms with Gasteiger partial charge in [-0.3, -0.25) is 0 Å². The van der Waals surface area contributed by atoms with Gasteiger partial charge in [-0.05, 0) is 25.1 Å². The number of aromatic nitrogens is 3. The molecule has 0 saturated heterocycles.